The molecule has 25 heavy (non-hydrogen) atoms. The van der Waals surface area contributed by atoms with Crippen LogP contribution in [0.3, 0.4) is 0 Å². The van der Waals surface area contributed by atoms with Gasteiger partial charge < -0.3 is 20.1 Å². The third-order valence-electron chi connectivity index (χ3n) is 4.29. The SMILES string of the molecule is CCCCNC(=O)CCCOc1cc(C2CNC(=O)C2)ccc1OC. The minimum absolute atomic E-state index is 0.0632. The van der Waals surface area contributed by atoms with E-state index in [1.807, 2.05) is 18.2 Å². The molecule has 2 amide bonds. The molecule has 2 N–H and O–H groups in total. The summed E-state index contributed by atoms with van der Waals surface area (Å²) in [6, 6.07) is 5.77. The molecule has 0 spiro atoms. The van der Waals surface area contributed by atoms with Crippen molar-refractivity contribution in [2.24, 2.45) is 0 Å². The summed E-state index contributed by atoms with van der Waals surface area (Å²) >= 11 is 0. The Hall–Kier alpha value is -2.24. The van der Waals surface area contributed by atoms with E-state index in [2.05, 4.69) is 17.6 Å². The fourth-order valence-electron chi connectivity index (χ4n) is 2.81. The van der Waals surface area contributed by atoms with Crippen LogP contribution in [0.4, 0.5) is 0 Å². The molecule has 0 bridgehead atoms. The molecular formula is C19H28N2O4. The molecule has 138 valence electrons. The number of hydrogen-bond acceptors (Lipinski definition) is 4. The summed E-state index contributed by atoms with van der Waals surface area (Å²) < 4.78 is 11.2. The zero-order valence-corrected chi connectivity index (χ0v) is 15.1. The van der Waals surface area contributed by atoms with Gasteiger partial charge in [0.15, 0.2) is 11.5 Å². The Morgan fingerprint density at radius 3 is 2.84 bits per heavy atom. The largest absolute Gasteiger partial charge is 0.493 e. The molecule has 1 aromatic rings. The van der Waals surface area contributed by atoms with E-state index in [9.17, 15) is 9.59 Å². The summed E-state index contributed by atoms with van der Waals surface area (Å²) in [7, 11) is 1.60. The third kappa shape index (κ3) is 5.96. The van der Waals surface area contributed by atoms with Gasteiger partial charge in [0.2, 0.25) is 11.8 Å². The van der Waals surface area contributed by atoms with Crippen molar-refractivity contribution in [3.8, 4) is 11.5 Å². The number of rotatable bonds is 10. The van der Waals surface area contributed by atoms with Crippen molar-refractivity contribution < 1.29 is 19.1 Å². The Kier molecular flexibility index (Phi) is 7.57. The zero-order chi connectivity index (χ0) is 18.1. The van der Waals surface area contributed by atoms with Gasteiger partial charge in [-0.1, -0.05) is 19.4 Å². The third-order valence-corrected chi connectivity index (χ3v) is 4.29. The van der Waals surface area contributed by atoms with Crippen molar-refractivity contribution in [3.63, 3.8) is 0 Å². The van der Waals surface area contributed by atoms with Crippen LogP contribution >= 0.6 is 0 Å². The van der Waals surface area contributed by atoms with Crippen molar-refractivity contribution in [2.45, 2.75) is 44.9 Å². The van der Waals surface area contributed by atoms with Crippen LogP contribution in [0, 0.1) is 0 Å². The number of ether oxygens (including phenoxy) is 2. The van der Waals surface area contributed by atoms with Crippen LogP contribution in [-0.2, 0) is 9.59 Å². The van der Waals surface area contributed by atoms with Crippen LogP contribution in [0.2, 0.25) is 0 Å². The highest BCUT2D eigenvalue weighted by Crippen LogP contribution is 2.33. The standard InChI is InChI=1S/C19H28N2O4/c1-3-4-9-20-18(22)6-5-10-25-17-11-14(7-8-16(17)24-2)15-12-19(23)21-13-15/h7-8,11,15H,3-6,9-10,12-13H2,1-2H3,(H,20,22)(H,21,23). The number of unbranched alkanes of at least 4 members (excludes halogenated alkanes) is 1. The van der Waals surface area contributed by atoms with Gasteiger partial charge in [0.1, 0.15) is 0 Å². The number of carbonyl (C=O) groups excluding carboxylic acids is 2. The topological polar surface area (TPSA) is 76.7 Å². The lowest BCUT2D eigenvalue weighted by molar-refractivity contribution is -0.121. The van der Waals surface area contributed by atoms with Gasteiger partial charge >= 0.3 is 0 Å². The lowest BCUT2D eigenvalue weighted by Crippen LogP contribution is -2.24. The monoisotopic (exact) mass is 348 g/mol. The first-order valence-electron chi connectivity index (χ1n) is 8.98. The van der Waals surface area contributed by atoms with Crippen molar-refractivity contribution >= 4 is 11.8 Å². The summed E-state index contributed by atoms with van der Waals surface area (Å²) in [5.41, 5.74) is 1.06. The highest BCUT2D eigenvalue weighted by atomic mass is 16.5. The molecule has 1 heterocycles. The molecule has 2 rings (SSSR count). The Balaban J connectivity index is 1.83. The Morgan fingerprint density at radius 2 is 2.16 bits per heavy atom. The van der Waals surface area contributed by atoms with E-state index in [1.54, 1.807) is 7.11 Å². The van der Waals surface area contributed by atoms with Crippen molar-refractivity contribution in [1.82, 2.24) is 10.6 Å². The fourth-order valence-corrected chi connectivity index (χ4v) is 2.81. The van der Waals surface area contributed by atoms with Gasteiger partial charge in [0.25, 0.3) is 0 Å². The highest BCUT2D eigenvalue weighted by molar-refractivity contribution is 5.79. The summed E-state index contributed by atoms with van der Waals surface area (Å²) in [5, 5.41) is 5.74. The predicted molar refractivity (Wildman–Crippen MR) is 96.0 cm³/mol. The number of methoxy groups -OCH3 is 1. The van der Waals surface area contributed by atoms with E-state index < -0.39 is 0 Å². The van der Waals surface area contributed by atoms with Crippen molar-refractivity contribution in [2.75, 3.05) is 26.8 Å². The molecule has 1 unspecified atom stereocenters. The quantitative estimate of drug-likeness (QED) is 0.637. The van der Waals surface area contributed by atoms with Crippen LogP contribution in [0.5, 0.6) is 11.5 Å². The maximum Gasteiger partial charge on any atom is 0.220 e. The van der Waals surface area contributed by atoms with E-state index in [4.69, 9.17) is 9.47 Å². The van der Waals surface area contributed by atoms with E-state index in [0.717, 1.165) is 24.9 Å². The van der Waals surface area contributed by atoms with Gasteiger partial charge in [0.05, 0.1) is 13.7 Å². The molecule has 1 aromatic carbocycles. The fraction of sp³-hybridized carbons (Fsp3) is 0.579. The minimum atomic E-state index is 0.0632. The second-order valence-corrected chi connectivity index (χ2v) is 6.27. The summed E-state index contributed by atoms with van der Waals surface area (Å²) in [5.74, 6) is 1.63. The average Bonchev–Trinajstić information content (AvgIpc) is 3.05. The van der Waals surface area contributed by atoms with Crippen LogP contribution in [0.1, 0.15) is 50.5 Å². The van der Waals surface area contributed by atoms with Gasteiger partial charge in [-0.25, -0.2) is 0 Å². The second-order valence-electron chi connectivity index (χ2n) is 6.27. The zero-order valence-electron chi connectivity index (χ0n) is 15.1. The Morgan fingerprint density at radius 1 is 1.32 bits per heavy atom. The average molecular weight is 348 g/mol. The summed E-state index contributed by atoms with van der Waals surface area (Å²) in [6.07, 6.45) is 3.68. The first kappa shape index (κ1) is 19.1. The highest BCUT2D eigenvalue weighted by Gasteiger charge is 2.24. The molecule has 6 nitrogen and oxygen atoms in total. The van der Waals surface area contributed by atoms with E-state index in [-0.39, 0.29) is 17.7 Å². The number of hydrogen-bond donors (Lipinski definition) is 2. The number of nitrogens with one attached hydrogen (secondary N) is 2. The van der Waals surface area contributed by atoms with E-state index >= 15 is 0 Å². The molecule has 0 saturated carbocycles. The molecule has 1 atom stereocenters. The normalized spacial score (nSPS) is 16.4. The van der Waals surface area contributed by atoms with Gasteiger partial charge in [-0.3, -0.25) is 9.59 Å². The first-order chi connectivity index (χ1) is 12.1. The Bertz CT molecular complexity index is 589. The predicted octanol–water partition coefficient (Wildman–Crippen LogP) is 2.37. The van der Waals surface area contributed by atoms with Crippen LogP contribution < -0.4 is 20.1 Å². The summed E-state index contributed by atoms with van der Waals surface area (Å²) in [6.45, 7) is 3.94. The van der Waals surface area contributed by atoms with Gasteiger partial charge in [-0.15, -0.1) is 0 Å². The number of benzene rings is 1. The van der Waals surface area contributed by atoms with Crippen molar-refractivity contribution in [3.05, 3.63) is 23.8 Å². The molecule has 0 aliphatic carbocycles. The smallest absolute Gasteiger partial charge is 0.220 e. The number of carbonyl (C=O) groups is 2. The lowest BCUT2D eigenvalue weighted by atomic mass is 9.98. The van der Waals surface area contributed by atoms with Gasteiger partial charge in [0, 0.05) is 31.8 Å². The molecule has 0 radical (unpaired) electrons. The first-order valence-corrected chi connectivity index (χ1v) is 8.98. The Labute approximate surface area is 149 Å². The molecule has 6 heteroatoms. The van der Waals surface area contributed by atoms with Crippen LogP contribution in [-0.4, -0.2) is 38.6 Å². The van der Waals surface area contributed by atoms with Crippen LogP contribution in [0.15, 0.2) is 18.2 Å². The van der Waals surface area contributed by atoms with E-state index in [0.29, 0.717) is 43.9 Å². The van der Waals surface area contributed by atoms with Gasteiger partial charge in [-0.2, -0.15) is 0 Å². The molecule has 1 fully saturated rings. The van der Waals surface area contributed by atoms with Gasteiger partial charge in [-0.05, 0) is 30.5 Å². The number of amides is 2. The molecule has 0 aromatic heterocycles. The minimum Gasteiger partial charge on any atom is -0.493 e. The molecule has 1 saturated heterocycles. The molecular weight excluding hydrogens is 320 g/mol. The second kappa shape index (κ2) is 9.91. The molecule has 1 aliphatic rings. The van der Waals surface area contributed by atoms with E-state index in [1.165, 1.54) is 0 Å². The lowest BCUT2D eigenvalue weighted by Gasteiger charge is -2.14. The van der Waals surface area contributed by atoms with Crippen molar-refractivity contribution in [1.29, 1.82) is 0 Å². The maximum atomic E-state index is 11.7. The maximum absolute atomic E-state index is 11.7. The van der Waals surface area contributed by atoms with Crippen LogP contribution in [0.25, 0.3) is 0 Å². The summed E-state index contributed by atoms with van der Waals surface area (Å²) in [4.78, 5) is 23.1. The molecule has 1 aliphatic heterocycles.